The van der Waals surface area contributed by atoms with Crippen LogP contribution in [0.4, 0.5) is 15.5 Å². The summed E-state index contributed by atoms with van der Waals surface area (Å²) in [6.45, 7) is 14.9. The van der Waals surface area contributed by atoms with Crippen LogP contribution >= 0.6 is 0 Å². The number of aromatic hydroxyl groups is 1. The van der Waals surface area contributed by atoms with Crippen molar-refractivity contribution in [3.63, 3.8) is 0 Å². The molecule has 0 unspecified atom stereocenters. The number of alkyl carbamates (subject to hydrolysis) is 2. The van der Waals surface area contributed by atoms with E-state index < -0.39 is 53.3 Å². The summed E-state index contributed by atoms with van der Waals surface area (Å²) in [5.41, 5.74) is 6.88. The standard InChI is InChI=1S/C46H69N9O8/c1-27-17-32(56)18-28(2)33(27)22-36(51-38(57)34(52-43(60)62-45(6,7)8)12-10-15-55-16-14-48-41(55)47)39(58)50-35(11-9-13-49-42(59)61-44(3,4)5)40-53-37(54-63-40)26-46-23-29-19-30(24-46)21-31(20-29)25-46/h14,16-18,29-31,34-36,56H,9-13,15,19-26H2,1-8H3,(H2,47,48)(H,49,59)(H,50,58)(H,51,57)(H,52,60)/t29?,30?,31?,34-,35+,36+,46?/m1/s1. The molecule has 3 aromatic rings. The van der Waals surface area contributed by atoms with Crippen molar-refractivity contribution in [2.45, 2.75) is 168 Å². The van der Waals surface area contributed by atoms with E-state index in [9.17, 15) is 24.3 Å². The number of amides is 4. The topological polar surface area (TPSA) is 238 Å². The normalized spacial score (nSPS) is 21.9. The zero-order valence-corrected chi connectivity index (χ0v) is 38.3. The Morgan fingerprint density at radius 1 is 0.873 bits per heavy atom. The van der Waals surface area contributed by atoms with Gasteiger partial charge in [-0.15, -0.1) is 0 Å². The maximum Gasteiger partial charge on any atom is 0.408 e. The van der Waals surface area contributed by atoms with Crippen molar-refractivity contribution < 1.29 is 38.3 Å². The molecule has 17 heteroatoms. The zero-order chi connectivity index (χ0) is 45.7. The Morgan fingerprint density at radius 2 is 1.48 bits per heavy atom. The molecule has 0 aliphatic heterocycles. The fourth-order valence-corrected chi connectivity index (χ4v) is 10.4. The highest BCUT2D eigenvalue weighted by atomic mass is 16.6. The number of nitrogens with one attached hydrogen (secondary N) is 4. The number of imidazole rings is 1. The van der Waals surface area contributed by atoms with Gasteiger partial charge in [0.25, 0.3) is 0 Å². The number of nitrogens with zero attached hydrogens (tertiary/aromatic N) is 4. The molecule has 63 heavy (non-hydrogen) atoms. The number of phenols is 1. The van der Waals surface area contributed by atoms with Gasteiger partial charge < -0.3 is 50.7 Å². The third kappa shape index (κ3) is 13.3. The van der Waals surface area contributed by atoms with E-state index in [0.717, 1.165) is 40.9 Å². The predicted octanol–water partition coefficient (Wildman–Crippen LogP) is 6.49. The van der Waals surface area contributed by atoms with E-state index in [0.29, 0.717) is 37.6 Å². The summed E-state index contributed by atoms with van der Waals surface area (Å²) >= 11 is 0. The molecule has 4 fully saturated rings. The van der Waals surface area contributed by atoms with Crippen LogP contribution in [0, 0.1) is 37.0 Å². The summed E-state index contributed by atoms with van der Waals surface area (Å²) in [6.07, 6.45) is 11.6. The molecule has 7 rings (SSSR count). The van der Waals surface area contributed by atoms with Crippen molar-refractivity contribution >= 4 is 29.9 Å². The Balaban J connectivity index is 1.24. The molecule has 0 radical (unpaired) electrons. The molecule has 4 saturated carbocycles. The van der Waals surface area contributed by atoms with Crippen LogP contribution in [0.25, 0.3) is 0 Å². The molecule has 3 atom stereocenters. The molecule has 2 heterocycles. The molecular formula is C46H69N9O8. The molecule has 7 N–H and O–H groups in total. The number of carbonyl (C=O) groups excluding carboxylic acids is 4. The fourth-order valence-electron chi connectivity index (χ4n) is 10.4. The quantitative estimate of drug-likeness (QED) is 0.0752. The second-order valence-corrected chi connectivity index (χ2v) is 20.4. The average molecular weight is 876 g/mol. The van der Waals surface area contributed by atoms with Crippen LogP contribution < -0.4 is 27.0 Å². The lowest BCUT2D eigenvalue weighted by Crippen LogP contribution is -2.55. The van der Waals surface area contributed by atoms with Gasteiger partial charge in [0.05, 0.1) is 0 Å². The molecule has 2 aromatic heterocycles. The van der Waals surface area contributed by atoms with Gasteiger partial charge in [-0.2, -0.15) is 4.98 Å². The molecule has 0 spiro atoms. The predicted molar refractivity (Wildman–Crippen MR) is 235 cm³/mol. The van der Waals surface area contributed by atoms with Gasteiger partial charge in [-0.3, -0.25) is 9.59 Å². The van der Waals surface area contributed by atoms with E-state index in [1.807, 2.05) is 13.8 Å². The Kier molecular flexibility index (Phi) is 14.7. The molecule has 4 bridgehead atoms. The molecule has 1 aromatic carbocycles. The lowest BCUT2D eigenvalue weighted by molar-refractivity contribution is -0.130. The lowest BCUT2D eigenvalue weighted by atomic mass is 9.49. The van der Waals surface area contributed by atoms with Crippen molar-refractivity contribution in [3.8, 4) is 5.75 Å². The van der Waals surface area contributed by atoms with Gasteiger partial charge in [0.2, 0.25) is 17.7 Å². The maximum absolute atomic E-state index is 14.7. The molecule has 4 amide bonds. The average Bonchev–Trinajstić information content (AvgIpc) is 3.79. The SMILES string of the molecule is Cc1cc(O)cc(C)c1C[C@H](NC(=O)[C@@H](CCCn1ccnc1N)NC(=O)OC(C)(C)C)C(=O)N[C@@H](CCCNC(=O)OC(C)(C)C)c1nc(CC23CC4CC(CC(C4)C2)C3)no1. The monoisotopic (exact) mass is 876 g/mol. The van der Waals surface area contributed by atoms with E-state index in [-0.39, 0.29) is 36.4 Å². The first-order chi connectivity index (χ1) is 29.6. The Bertz CT molecular complexity index is 2020. The summed E-state index contributed by atoms with van der Waals surface area (Å²) < 4.78 is 18.6. The van der Waals surface area contributed by atoms with Crippen molar-refractivity contribution in [1.29, 1.82) is 0 Å². The highest BCUT2D eigenvalue weighted by Crippen LogP contribution is 2.61. The van der Waals surface area contributed by atoms with Gasteiger partial charge in [0, 0.05) is 38.3 Å². The number of aromatic nitrogens is 4. The highest BCUT2D eigenvalue weighted by molar-refractivity contribution is 5.91. The van der Waals surface area contributed by atoms with E-state index in [2.05, 4.69) is 31.4 Å². The third-order valence-electron chi connectivity index (χ3n) is 12.5. The van der Waals surface area contributed by atoms with Crippen LogP contribution in [0.3, 0.4) is 0 Å². The summed E-state index contributed by atoms with van der Waals surface area (Å²) in [4.78, 5) is 63.6. The number of benzene rings is 1. The van der Waals surface area contributed by atoms with E-state index >= 15 is 0 Å². The number of ether oxygens (including phenoxy) is 2. The third-order valence-corrected chi connectivity index (χ3v) is 12.5. The summed E-state index contributed by atoms with van der Waals surface area (Å²) in [7, 11) is 0. The van der Waals surface area contributed by atoms with E-state index in [1.54, 1.807) is 70.6 Å². The van der Waals surface area contributed by atoms with Crippen molar-refractivity contribution in [3.05, 3.63) is 52.9 Å². The molecule has 0 saturated heterocycles. The number of nitrogen functional groups attached to an aromatic ring is 1. The molecule has 346 valence electrons. The van der Waals surface area contributed by atoms with Gasteiger partial charge >= 0.3 is 12.2 Å². The molecule has 4 aliphatic rings. The van der Waals surface area contributed by atoms with Crippen LogP contribution in [-0.4, -0.2) is 78.6 Å². The van der Waals surface area contributed by atoms with Crippen molar-refractivity contribution in [1.82, 2.24) is 41.0 Å². The van der Waals surface area contributed by atoms with Crippen molar-refractivity contribution in [2.75, 3.05) is 12.3 Å². The number of aryl methyl sites for hydroxylation is 3. The molecule has 17 nitrogen and oxygen atoms in total. The van der Waals surface area contributed by atoms with E-state index in [1.165, 1.54) is 38.5 Å². The zero-order valence-electron chi connectivity index (χ0n) is 38.3. The van der Waals surface area contributed by atoms with Gasteiger partial charge in [-0.25, -0.2) is 14.6 Å². The first-order valence-electron chi connectivity index (χ1n) is 22.6. The molecular weight excluding hydrogens is 807 g/mol. The Hall–Kier alpha value is -5.35. The van der Waals surface area contributed by atoms with Crippen LogP contribution in [0.1, 0.15) is 140 Å². The number of phenolic OH excluding ortho intramolecular Hbond substituents is 1. The number of hydrogen-bond acceptors (Lipinski definition) is 12. The summed E-state index contributed by atoms with van der Waals surface area (Å²) in [5.74, 6) is 2.42. The maximum atomic E-state index is 14.7. The smallest absolute Gasteiger partial charge is 0.408 e. The minimum absolute atomic E-state index is 0.0638. The van der Waals surface area contributed by atoms with Gasteiger partial charge in [0.15, 0.2) is 11.8 Å². The highest BCUT2D eigenvalue weighted by Gasteiger charge is 2.51. The van der Waals surface area contributed by atoms with Gasteiger partial charge in [-0.1, -0.05) is 5.16 Å². The number of anilines is 1. The Labute approximate surface area is 370 Å². The largest absolute Gasteiger partial charge is 0.508 e. The first-order valence-corrected chi connectivity index (χ1v) is 22.6. The summed E-state index contributed by atoms with van der Waals surface area (Å²) in [5, 5.41) is 26.3. The second-order valence-electron chi connectivity index (χ2n) is 20.4. The number of nitrogens with two attached hydrogens (primary N) is 1. The first kappa shape index (κ1) is 47.1. The Morgan fingerprint density at radius 3 is 2.06 bits per heavy atom. The number of carbonyl (C=O) groups is 4. The fraction of sp³-hybridized carbons (Fsp3) is 0.674. The van der Waals surface area contributed by atoms with Crippen molar-refractivity contribution in [2.24, 2.45) is 23.2 Å². The number of rotatable bonds is 18. The van der Waals surface area contributed by atoms with Crippen LogP contribution in [0.5, 0.6) is 5.75 Å². The van der Waals surface area contributed by atoms with Gasteiger partial charge in [-0.05, 0) is 172 Å². The minimum Gasteiger partial charge on any atom is -0.508 e. The van der Waals surface area contributed by atoms with Crippen LogP contribution in [0.15, 0.2) is 29.0 Å². The van der Waals surface area contributed by atoms with Crippen LogP contribution in [0.2, 0.25) is 0 Å². The molecule has 4 aliphatic carbocycles. The van der Waals surface area contributed by atoms with Crippen LogP contribution in [-0.2, 0) is 38.4 Å². The van der Waals surface area contributed by atoms with Gasteiger partial charge in [0.1, 0.15) is 35.1 Å². The lowest BCUT2D eigenvalue weighted by Gasteiger charge is -2.56. The number of hydrogen-bond donors (Lipinski definition) is 6. The second kappa shape index (κ2) is 19.6. The minimum atomic E-state index is -1.15. The van der Waals surface area contributed by atoms with E-state index in [4.69, 9.17) is 24.7 Å². The summed E-state index contributed by atoms with van der Waals surface area (Å²) in [6, 6.07) is 0.215.